The van der Waals surface area contributed by atoms with Crippen LogP contribution in [0.1, 0.15) is 0 Å². The lowest BCUT2D eigenvalue weighted by atomic mass is 10.2. The molecule has 0 amide bonds. The number of likely N-dealkylation sites (N-methyl/N-ethyl adjacent to an activating group) is 1. The molecule has 8 heteroatoms. The maximum absolute atomic E-state index is 6.09. The molecule has 0 unspecified atom stereocenters. The second-order valence-electron chi connectivity index (χ2n) is 6.32. The Bertz CT molecular complexity index is 686. The van der Waals surface area contributed by atoms with Crippen LogP contribution in [-0.2, 0) is 0 Å². The molecule has 1 aromatic carbocycles. The summed E-state index contributed by atoms with van der Waals surface area (Å²) < 4.78 is 0. The Kier molecular flexibility index (Phi) is 5.88. The summed E-state index contributed by atoms with van der Waals surface area (Å²) in [6, 6.07) is 8.00. The number of rotatable bonds is 6. The Balaban J connectivity index is 1.57. The number of hydrogen-bond acceptors (Lipinski definition) is 7. The Labute approximate surface area is 153 Å². The third-order valence-corrected chi connectivity index (χ3v) is 4.40. The average Bonchev–Trinajstić information content (AvgIpc) is 2.62. The van der Waals surface area contributed by atoms with Gasteiger partial charge in [0, 0.05) is 50.0 Å². The number of halogens is 1. The number of aromatic nitrogens is 3. The molecule has 1 fully saturated rings. The van der Waals surface area contributed by atoms with Crippen LogP contribution in [0, 0.1) is 0 Å². The molecule has 0 bridgehead atoms. The molecular weight excluding hydrogens is 338 g/mol. The van der Waals surface area contributed by atoms with Gasteiger partial charge in [0.15, 0.2) is 5.82 Å². The van der Waals surface area contributed by atoms with Crippen LogP contribution in [0.3, 0.4) is 0 Å². The van der Waals surface area contributed by atoms with Gasteiger partial charge in [0.2, 0.25) is 5.95 Å². The summed E-state index contributed by atoms with van der Waals surface area (Å²) in [6.07, 6.45) is 1.73. The highest BCUT2D eigenvalue weighted by molar-refractivity contribution is 6.30. The van der Waals surface area contributed by atoms with Gasteiger partial charge in [0.25, 0.3) is 0 Å². The molecule has 7 nitrogen and oxygen atoms in total. The summed E-state index contributed by atoms with van der Waals surface area (Å²) in [5.41, 5.74) is 1.17. The fourth-order valence-electron chi connectivity index (χ4n) is 2.78. The SMILES string of the molecule is CN(C)CCNc1nncc(N2CCN(c3cccc(Cl)c3)CC2)n1. The van der Waals surface area contributed by atoms with Gasteiger partial charge >= 0.3 is 0 Å². The number of nitrogens with one attached hydrogen (secondary N) is 1. The fraction of sp³-hybridized carbons (Fsp3) is 0.471. The standard InChI is InChI=1S/C17H24ClN7/c1-23(2)7-6-19-17-21-16(13-20-22-17)25-10-8-24(9-11-25)15-5-3-4-14(18)12-15/h3-5,12-13H,6-11H2,1-2H3,(H,19,21,22). The van der Waals surface area contributed by atoms with Crippen molar-refractivity contribution in [1.82, 2.24) is 20.1 Å². The van der Waals surface area contributed by atoms with E-state index in [4.69, 9.17) is 11.6 Å². The number of piperazine rings is 1. The van der Waals surface area contributed by atoms with Gasteiger partial charge in [-0.1, -0.05) is 17.7 Å². The fourth-order valence-corrected chi connectivity index (χ4v) is 2.96. The van der Waals surface area contributed by atoms with Crippen molar-refractivity contribution in [3.8, 4) is 0 Å². The first-order valence-corrected chi connectivity index (χ1v) is 8.83. The third kappa shape index (κ3) is 4.93. The molecule has 134 valence electrons. The maximum Gasteiger partial charge on any atom is 0.244 e. The number of hydrogen-bond donors (Lipinski definition) is 1. The van der Waals surface area contributed by atoms with Gasteiger partial charge in [0.1, 0.15) is 0 Å². The summed E-state index contributed by atoms with van der Waals surface area (Å²) >= 11 is 6.09. The Morgan fingerprint density at radius 3 is 2.64 bits per heavy atom. The van der Waals surface area contributed by atoms with Crippen LogP contribution >= 0.6 is 11.6 Å². The predicted molar refractivity (Wildman–Crippen MR) is 103 cm³/mol. The molecule has 0 saturated carbocycles. The van der Waals surface area contributed by atoms with E-state index in [0.29, 0.717) is 5.95 Å². The molecule has 2 heterocycles. The zero-order chi connectivity index (χ0) is 17.6. The van der Waals surface area contributed by atoms with Crippen LogP contribution in [0.5, 0.6) is 0 Å². The van der Waals surface area contributed by atoms with E-state index < -0.39 is 0 Å². The lowest BCUT2D eigenvalue weighted by molar-refractivity contribution is 0.425. The minimum atomic E-state index is 0.580. The van der Waals surface area contributed by atoms with E-state index in [1.807, 2.05) is 32.3 Å². The molecule has 3 rings (SSSR count). The minimum absolute atomic E-state index is 0.580. The van der Waals surface area contributed by atoms with E-state index in [1.165, 1.54) is 5.69 Å². The highest BCUT2D eigenvalue weighted by Gasteiger charge is 2.19. The number of nitrogens with zero attached hydrogens (tertiary/aromatic N) is 6. The monoisotopic (exact) mass is 361 g/mol. The van der Waals surface area contributed by atoms with E-state index in [2.05, 4.69) is 41.3 Å². The third-order valence-electron chi connectivity index (χ3n) is 4.17. The van der Waals surface area contributed by atoms with Crippen molar-refractivity contribution in [2.75, 3.05) is 68.5 Å². The van der Waals surface area contributed by atoms with E-state index in [0.717, 1.165) is 50.1 Å². The molecule has 1 aliphatic heterocycles. The quantitative estimate of drug-likeness (QED) is 0.842. The number of anilines is 3. The van der Waals surface area contributed by atoms with Crippen molar-refractivity contribution < 1.29 is 0 Å². The Morgan fingerprint density at radius 2 is 1.92 bits per heavy atom. The van der Waals surface area contributed by atoms with Gasteiger partial charge in [0.05, 0.1) is 6.20 Å². The largest absolute Gasteiger partial charge is 0.368 e. The van der Waals surface area contributed by atoms with Gasteiger partial charge in [-0.25, -0.2) is 0 Å². The van der Waals surface area contributed by atoms with Crippen LogP contribution < -0.4 is 15.1 Å². The lowest BCUT2D eigenvalue weighted by Gasteiger charge is -2.36. The maximum atomic E-state index is 6.09. The molecule has 25 heavy (non-hydrogen) atoms. The molecule has 1 saturated heterocycles. The van der Waals surface area contributed by atoms with Gasteiger partial charge in [-0.2, -0.15) is 10.1 Å². The van der Waals surface area contributed by atoms with Crippen LogP contribution in [0.2, 0.25) is 5.02 Å². The van der Waals surface area contributed by atoms with Crippen LogP contribution in [0.15, 0.2) is 30.5 Å². The summed E-state index contributed by atoms with van der Waals surface area (Å²) in [5, 5.41) is 12.1. The van der Waals surface area contributed by atoms with Crippen molar-refractivity contribution in [3.05, 3.63) is 35.5 Å². The minimum Gasteiger partial charge on any atom is -0.368 e. The summed E-state index contributed by atoms with van der Waals surface area (Å²) in [6.45, 7) is 5.35. The number of benzene rings is 1. The molecule has 1 N–H and O–H groups in total. The van der Waals surface area contributed by atoms with Gasteiger partial charge in [-0.3, -0.25) is 0 Å². The van der Waals surface area contributed by atoms with E-state index in [1.54, 1.807) is 6.20 Å². The van der Waals surface area contributed by atoms with Crippen molar-refractivity contribution >= 4 is 29.1 Å². The van der Waals surface area contributed by atoms with Crippen molar-refractivity contribution in [2.45, 2.75) is 0 Å². The summed E-state index contributed by atoms with van der Waals surface area (Å²) in [5.74, 6) is 1.45. The predicted octanol–water partition coefficient (Wildman–Crippen LogP) is 1.83. The highest BCUT2D eigenvalue weighted by atomic mass is 35.5. The van der Waals surface area contributed by atoms with Gasteiger partial charge in [-0.05, 0) is 32.3 Å². The van der Waals surface area contributed by atoms with E-state index in [-0.39, 0.29) is 0 Å². The molecule has 1 aromatic heterocycles. The first-order chi connectivity index (χ1) is 12.1. The molecular formula is C17H24ClN7. The normalized spacial score (nSPS) is 14.9. The summed E-state index contributed by atoms with van der Waals surface area (Å²) in [4.78, 5) is 11.3. The molecule has 0 aliphatic carbocycles. The highest BCUT2D eigenvalue weighted by Crippen LogP contribution is 2.22. The van der Waals surface area contributed by atoms with Crippen LogP contribution in [0.4, 0.5) is 17.5 Å². The summed E-state index contributed by atoms with van der Waals surface area (Å²) in [7, 11) is 4.08. The van der Waals surface area contributed by atoms with Gasteiger partial charge < -0.3 is 20.0 Å². The van der Waals surface area contributed by atoms with Crippen molar-refractivity contribution in [1.29, 1.82) is 0 Å². The topological polar surface area (TPSA) is 60.4 Å². The first-order valence-electron chi connectivity index (χ1n) is 8.45. The molecule has 0 atom stereocenters. The molecule has 0 radical (unpaired) electrons. The second kappa shape index (κ2) is 8.31. The van der Waals surface area contributed by atoms with Crippen LogP contribution in [-0.4, -0.2) is 73.4 Å². The molecule has 1 aliphatic rings. The van der Waals surface area contributed by atoms with E-state index in [9.17, 15) is 0 Å². The van der Waals surface area contributed by atoms with Crippen LogP contribution in [0.25, 0.3) is 0 Å². The zero-order valence-corrected chi connectivity index (χ0v) is 15.4. The van der Waals surface area contributed by atoms with Gasteiger partial charge in [-0.15, -0.1) is 5.10 Å². The lowest BCUT2D eigenvalue weighted by Crippen LogP contribution is -2.47. The van der Waals surface area contributed by atoms with E-state index >= 15 is 0 Å². The van der Waals surface area contributed by atoms with Crippen molar-refractivity contribution in [2.24, 2.45) is 0 Å². The Hall–Kier alpha value is -2.12. The zero-order valence-electron chi connectivity index (χ0n) is 14.7. The average molecular weight is 362 g/mol. The first kappa shape index (κ1) is 17.7. The smallest absolute Gasteiger partial charge is 0.244 e. The Morgan fingerprint density at radius 1 is 1.16 bits per heavy atom. The molecule has 0 spiro atoms. The molecule has 2 aromatic rings. The van der Waals surface area contributed by atoms with Crippen molar-refractivity contribution in [3.63, 3.8) is 0 Å². The second-order valence-corrected chi connectivity index (χ2v) is 6.76.